The van der Waals surface area contributed by atoms with Gasteiger partial charge in [0, 0.05) is 23.1 Å². The molecule has 2 rings (SSSR count). The Bertz CT molecular complexity index is 492. The van der Waals surface area contributed by atoms with Crippen molar-refractivity contribution in [1.29, 1.82) is 0 Å². The number of benzene rings is 1. The highest BCUT2D eigenvalue weighted by Gasteiger charge is 2.40. The highest BCUT2D eigenvalue weighted by Crippen LogP contribution is 2.32. The van der Waals surface area contributed by atoms with Gasteiger partial charge in [0.2, 0.25) is 0 Å². The number of nitrogens with zero attached hydrogens (tertiary/aromatic N) is 1. The third kappa shape index (κ3) is 3.09. The number of carbonyl (C=O) groups is 1. The fourth-order valence-corrected chi connectivity index (χ4v) is 2.80. The second-order valence-corrected chi connectivity index (χ2v) is 6.20. The molecule has 1 N–H and O–H groups in total. The maximum atomic E-state index is 11.2. The second-order valence-electron chi connectivity index (χ2n) is 5.28. The van der Waals surface area contributed by atoms with Crippen LogP contribution in [0.1, 0.15) is 18.9 Å². The van der Waals surface area contributed by atoms with Gasteiger partial charge < -0.3 is 9.84 Å². The fraction of sp³-hybridized carbons (Fsp3) is 0.500. The third-order valence-corrected chi connectivity index (χ3v) is 4.21. The molecule has 1 atom stereocenters. The van der Waals surface area contributed by atoms with Gasteiger partial charge in [-0.15, -0.1) is 0 Å². The van der Waals surface area contributed by atoms with Gasteiger partial charge in [0.25, 0.3) is 0 Å². The smallest absolute Gasteiger partial charge is 0.310 e. The molecule has 1 aromatic carbocycles. The summed E-state index contributed by atoms with van der Waals surface area (Å²) >= 11 is 3.42. The molecule has 0 bridgehead atoms. The predicted octanol–water partition coefficient (Wildman–Crippen LogP) is 2.75. The molecule has 1 unspecified atom stereocenters. The van der Waals surface area contributed by atoms with Crippen LogP contribution in [0.4, 0.5) is 0 Å². The summed E-state index contributed by atoms with van der Waals surface area (Å²) in [5, 5.41) is 9.24. The van der Waals surface area contributed by atoms with Gasteiger partial charge in [-0.2, -0.15) is 0 Å². The molecule has 1 saturated heterocycles. The molecule has 0 aliphatic carbocycles. The molecule has 104 valence electrons. The molecule has 1 heterocycles. The first-order valence-corrected chi connectivity index (χ1v) is 7.02. The van der Waals surface area contributed by atoms with Gasteiger partial charge in [-0.3, -0.25) is 9.69 Å². The van der Waals surface area contributed by atoms with E-state index in [1.165, 1.54) is 0 Å². The molecular formula is C14H18BrNO3. The van der Waals surface area contributed by atoms with Crippen molar-refractivity contribution in [3.8, 4) is 5.75 Å². The van der Waals surface area contributed by atoms with Crippen molar-refractivity contribution in [1.82, 2.24) is 4.90 Å². The number of likely N-dealkylation sites (tertiary alicyclic amines) is 1. The maximum Gasteiger partial charge on any atom is 0.310 e. The van der Waals surface area contributed by atoms with Crippen molar-refractivity contribution in [3.63, 3.8) is 0 Å². The summed E-state index contributed by atoms with van der Waals surface area (Å²) in [5.41, 5.74) is 0.461. The minimum Gasteiger partial charge on any atom is -0.496 e. The topological polar surface area (TPSA) is 49.8 Å². The van der Waals surface area contributed by atoms with E-state index in [9.17, 15) is 9.90 Å². The van der Waals surface area contributed by atoms with Crippen LogP contribution in [0.5, 0.6) is 5.75 Å². The average molecular weight is 328 g/mol. The molecule has 5 heteroatoms. The van der Waals surface area contributed by atoms with Gasteiger partial charge >= 0.3 is 5.97 Å². The van der Waals surface area contributed by atoms with E-state index < -0.39 is 11.4 Å². The number of methoxy groups -OCH3 is 1. The molecule has 1 aliphatic rings. The van der Waals surface area contributed by atoms with Crippen LogP contribution in [0.3, 0.4) is 0 Å². The summed E-state index contributed by atoms with van der Waals surface area (Å²) in [5.74, 6) is 0.121. The molecule has 0 aromatic heterocycles. The van der Waals surface area contributed by atoms with E-state index in [2.05, 4.69) is 20.8 Å². The molecule has 4 nitrogen and oxygen atoms in total. The molecule has 19 heavy (non-hydrogen) atoms. The highest BCUT2D eigenvalue weighted by atomic mass is 79.9. The van der Waals surface area contributed by atoms with Crippen LogP contribution < -0.4 is 4.74 Å². The maximum absolute atomic E-state index is 11.2. The van der Waals surface area contributed by atoms with Crippen molar-refractivity contribution in [2.45, 2.75) is 19.9 Å². The van der Waals surface area contributed by atoms with Crippen molar-refractivity contribution in [2.75, 3.05) is 20.2 Å². The normalized spacial score (nSPS) is 23.5. The number of aliphatic carboxylic acids is 1. The van der Waals surface area contributed by atoms with Crippen LogP contribution in [0, 0.1) is 5.41 Å². The highest BCUT2D eigenvalue weighted by molar-refractivity contribution is 9.10. The van der Waals surface area contributed by atoms with E-state index in [1.807, 2.05) is 25.1 Å². The van der Waals surface area contributed by atoms with Crippen molar-refractivity contribution < 1.29 is 14.6 Å². The first-order valence-electron chi connectivity index (χ1n) is 6.23. The van der Waals surface area contributed by atoms with Crippen LogP contribution in [-0.2, 0) is 11.3 Å². The Labute approximate surface area is 121 Å². The lowest BCUT2D eigenvalue weighted by Gasteiger charge is -2.21. The average Bonchev–Trinajstić information content (AvgIpc) is 2.74. The van der Waals surface area contributed by atoms with Gasteiger partial charge in [0.1, 0.15) is 5.75 Å². The Balaban J connectivity index is 2.09. The van der Waals surface area contributed by atoms with Crippen LogP contribution in [0.25, 0.3) is 0 Å². The Morgan fingerprint density at radius 3 is 2.89 bits per heavy atom. The van der Waals surface area contributed by atoms with E-state index in [0.717, 1.165) is 28.9 Å². The number of carboxylic acid groups (broad SMARTS) is 1. The Hall–Kier alpha value is -1.07. The minimum absolute atomic E-state index is 0.585. The van der Waals surface area contributed by atoms with Crippen LogP contribution in [-0.4, -0.2) is 36.2 Å². The zero-order chi connectivity index (χ0) is 14.0. The van der Waals surface area contributed by atoms with Crippen molar-refractivity contribution >= 4 is 21.9 Å². The number of carboxylic acids is 1. The molecule has 0 amide bonds. The summed E-state index contributed by atoms with van der Waals surface area (Å²) in [6, 6.07) is 5.92. The van der Waals surface area contributed by atoms with Crippen LogP contribution in [0.15, 0.2) is 22.7 Å². The summed E-state index contributed by atoms with van der Waals surface area (Å²) in [7, 11) is 1.65. The fourth-order valence-electron chi connectivity index (χ4n) is 2.46. The summed E-state index contributed by atoms with van der Waals surface area (Å²) < 4.78 is 6.34. The lowest BCUT2D eigenvalue weighted by Crippen LogP contribution is -2.31. The monoisotopic (exact) mass is 327 g/mol. The van der Waals surface area contributed by atoms with Crippen LogP contribution in [0.2, 0.25) is 0 Å². The van der Waals surface area contributed by atoms with E-state index in [1.54, 1.807) is 7.11 Å². The second kappa shape index (κ2) is 5.51. The van der Waals surface area contributed by atoms with Crippen LogP contribution >= 0.6 is 15.9 Å². The van der Waals surface area contributed by atoms with Gasteiger partial charge in [-0.25, -0.2) is 0 Å². The largest absolute Gasteiger partial charge is 0.496 e. The first-order chi connectivity index (χ1) is 8.94. The zero-order valence-corrected chi connectivity index (χ0v) is 12.7. The van der Waals surface area contributed by atoms with Crippen molar-refractivity contribution in [2.24, 2.45) is 5.41 Å². The molecule has 1 aliphatic heterocycles. The number of rotatable bonds is 4. The molecule has 1 aromatic rings. The third-order valence-electron chi connectivity index (χ3n) is 3.71. The van der Waals surface area contributed by atoms with Gasteiger partial charge in [0.15, 0.2) is 0 Å². The molecular weight excluding hydrogens is 310 g/mol. The number of hydrogen-bond donors (Lipinski definition) is 1. The number of ether oxygens (including phenoxy) is 1. The van der Waals surface area contributed by atoms with E-state index in [0.29, 0.717) is 13.0 Å². The van der Waals surface area contributed by atoms with Crippen molar-refractivity contribution in [3.05, 3.63) is 28.2 Å². The van der Waals surface area contributed by atoms with Gasteiger partial charge in [0.05, 0.1) is 12.5 Å². The molecule has 0 saturated carbocycles. The summed E-state index contributed by atoms with van der Waals surface area (Å²) in [6.07, 6.45) is 0.696. The Morgan fingerprint density at radius 2 is 2.32 bits per heavy atom. The van der Waals surface area contributed by atoms with E-state index in [-0.39, 0.29) is 0 Å². The zero-order valence-electron chi connectivity index (χ0n) is 11.1. The Kier molecular flexibility index (Phi) is 4.16. The number of halogens is 1. The molecule has 0 radical (unpaired) electrons. The van der Waals surface area contributed by atoms with Gasteiger partial charge in [-0.1, -0.05) is 22.0 Å². The lowest BCUT2D eigenvalue weighted by molar-refractivity contribution is -0.147. The first kappa shape index (κ1) is 14.3. The van der Waals surface area contributed by atoms with Gasteiger partial charge in [-0.05, 0) is 32.0 Å². The summed E-state index contributed by atoms with van der Waals surface area (Å²) in [6.45, 7) is 3.93. The van der Waals surface area contributed by atoms with E-state index in [4.69, 9.17) is 4.74 Å². The number of hydrogen-bond acceptors (Lipinski definition) is 3. The summed E-state index contributed by atoms with van der Waals surface area (Å²) in [4.78, 5) is 13.4. The Morgan fingerprint density at radius 1 is 1.58 bits per heavy atom. The minimum atomic E-state index is -0.710. The molecule has 0 spiro atoms. The predicted molar refractivity (Wildman–Crippen MR) is 76.3 cm³/mol. The standard InChI is InChI=1S/C14H18BrNO3/c1-14(13(17)18)5-6-16(9-14)8-10-3-4-11(15)7-12(10)19-2/h3-4,7H,5-6,8-9H2,1-2H3,(H,17,18). The SMILES string of the molecule is COc1cc(Br)ccc1CN1CCC(C)(C(=O)O)C1. The lowest BCUT2D eigenvalue weighted by atomic mass is 9.90. The quantitative estimate of drug-likeness (QED) is 0.923. The van der Waals surface area contributed by atoms with E-state index >= 15 is 0 Å². The molecule has 1 fully saturated rings.